The molecule has 1 N–H and O–H groups in total. The van der Waals surface area contributed by atoms with E-state index in [4.69, 9.17) is 0 Å². The third-order valence-corrected chi connectivity index (χ3v) is 1.40. The average Bonchev–Trinajstić information content (AvgIpc) is 1.87. The molecule has 0 amide bonds. The lowest BCUT2D eigenvalue weighted by molar-refractivity contribution is 0.549. The van der Waals surface area contributed by atoms with Crippen LogP contribution in [0.2, 0.25) is 0 Å². The number of hydrogen-bond acceptors (Lipinski definition) is 3. The molecule has 0 aliphatic carbocycles. The first kappa shape index (κ1) is 5.00. The van der Waals surface area contributed by atoms with Crippen LogP contribution < -0.4 is 5.43 Å². The summed E-state index contributed by atoms with van der Waals surface area (Å²) in [5.41, 5.74) is 2.89. The van der Waals surface area contributed by atoms with Gasteiger partial charge in [0.1, 0.15) is 0 Å². The van der Waals surface area contributed by atoms with Gasteiger partial charge >= 0.3 is 0 Å². The van der Waals surface area contributed by atoms with Gasteiger partial charge in [-0.2, -0.15) is 4.41 Å². The van der Waals surface area contributed by atoms with Crippen LogP contribution in [0.1, 0.15) is 6.92 Å². The average molecular weight is 115 g/mol. The zero-order chi connectivity index (χ0) is 5.28. The minimum atomic E-state index is 1.25. The molecule has 0 fully saturated rings. The van der Waals surface area contributed by atoms with E-state index in [1.807, 2.05) is 13.1 Å². The van der Waals surface area contributed by atoms with Gasteiger partial charge in [0.25, 0.3) is 0 Å². The molecule has 0 aromatic rings. The van der Waals surface area contributed by atoms with Crippen LogP contribution in [0.5, 0.6) is 0 Å². The number of hydrogen-bond donors (Lipinski definition) is 1. The van der Waals surface area contributed by atoms with Gasteiger partial charge in [0, 0.05) is 18.2 Å². The Morgan fingerprint density at radius 1 is 2.00 bits per heavy atom. The van der Waals surface area contributed by atoms with E-state index in [2.05, 4.69) is 12.5 Å². The summed E-state index contributed by atoms with van der Waals surface area (Å²) in [4.78, 5) is 1.25. The number of rotatable bonds is 0. The normalized spacial score (nSPS) is 21.7. The topological polar surface area (TPSA) is 15.3 Å². The van der Waals surface area contributed by atoms with Crippen LogP contribution in [0.4, 0.5) is 0 Å². The third kappa shape index (κ3) is 1.11. The first-order valence-corrected chi connectivity index (χ1v) is 2.78. The third-order valence-electron chi connectivity index (χ3n) is 0.666. The van der Waals surface area contributed by atoms with Crippen LogP contribution in [-0.4, -0.2) is 4.41 Å². The highest BCUT2D eigenvalue weighted by atomic mass is 32.2. The summed E-state index contributed by atoms with van der Waals surface area (Å²) in [5, 5.41) is 0. The predicted octanol–water partition coefficient (Wildman–Crippen LogP) is 1.11. The molecule has 1 radical (unpaired) electrons. The van der Waals surface area contributed by atoms with Crippen molar-refractivity contribution in [2.45, 2.75) is 6.92 Å². The first-order chi connectivity index (χ1) is 3.29. The SMILES string of the molecule is [CH2]N1NC=C(C)S1. The molecule has 3 heteroatoms. The molecule has 0 aromatic heterocycles. The molecule has 0 bridgehead atoms. The molecule has 1 heterocycles. The van der Waals surface area contributed by atoms with Gasteiger partial charge in [-0.05, 0) is 18.9 Å². The number of nitrogens with zero attached hydrogens (tertiary/aromatic N) is 1. The van der Waals surface area contributed by atoms with Gasteiger partial charge in [0.05, 0.1) is 0 Å². The second-order valence-electron chi connectivity index (χ2n) is 1.35. The molecule has 2 nitrogen and oxygen atoms in total. The Bertz CT molecular complexity index is 99.9. The van der Waals surface area contributed by atoms with E-state index in [0.717, 1.165) is 0 Å². The van der Waals surface area contributed by atoms with Gasteiger partial charge in [0.15, 0.2) is 0 Å². The van der Waals surface area contributed by atoms with Gasteiger partial charge < -0.3 is 5.43 Å². The molecule has 1 rings (SSSR count). The minimum Gasteiger partial charge on any atom is -0.315 e. The van der Waals surface area contributed by atoms with Gasteiger partial charge in [-0.15, -0.1) is 0 Å². The summed E-state index contributed by atoms with van der Waals surface area (Å²) in [5.74, 6) is 0. The summed E-state index contributed by atoms with van der Waals surface area (Å²) < 4.78 is 1.70. The molecule has 0 unspecified atom stereocenters. The Morgan fingerprint density at radius 3 is 2.86 bits per heavy atom. The standard InChI is InChI=1S/C4H7N2S/c1-4-3-5-6(2)7-4/h3,5H,2H2,1H3. The minimum absolute atomic E-state index is 1.25. The molecule has 0 atom stereocenters. The molecule has 0 saturated carbocycles. The van der Waals surface area contributed by atoms with Crippen molar-refractivity contribution in [3.63, 3.8) is 0 Å². The number of allylic oxidation sites excluding steroid dienone is 1. The summed E-state index contributed by atoms with van der Waals surface area (Å²) in [6.07, 6.45) is 1.91. The van der Waals surface area contributed by atoms with Crippen molar-refractivity contribution in [1.29, 1.82) is 0 Å². The fraction of sp³-hybridized carbons (Fsp3) is 0.250. The molecule has 0 spiro atoms. The molecule has 0 saturated heterocycles. The fourth-order valence-electron chi connectivity index (χ4n) is 0.389. The van der Waals surface area contributed by atoms with Crippen molar-refractivity contribution in [3.8, 4) is 0 Å². The molecular formula is C4H7N2S. The Hall–Kier alpha value is -0.150. The quantitative estimate of drug-likeness (QED) is 0.476. The smallest absolute Gasteiger partial charge is 0.0453 e. The van der Waals surface area contributed by atoms with Crippen molar-refractivity contribution in [3.05, 3.63) is 18.2 Å². The maximum Gasteiger partial charge on any atom is 0.0453 e. The Morgan fingerprint density at radius 2 is 2.71 bits per heavy atom. The molecule has 39 valence electrons. The van der Waals surface area contributed by atoms with Crippen molar-refractivity contribution in [1.82, 2.24) is 9.84 Å². The van der Waals surface area contributed by atoms with E-state index in [1.54, 1.807) is 16.4 Å². The van der Waals surface area contributed by atoms with Crippen molar-refractivity contribution in [2.75, 3.05) is 0 Å². The van der Waals surface area contributed by atoms with Crippen molar-refractivity contribution < 1.29 is 0 Å². The van der Waals surface area contributed by atoms with Crippen molar-refractivity contribution in [2.24, 2.45) is 0 Å². The highest BCUT2D eigenvalue weighted by Crippen LogP contribution is 2.20. The molecule has 0 aromatic carbocycles. The molecule has 1 aliphatic rings. The summed E-state index contributed by atoms with van der Waals surface area (Å²) in [6, 6.07) is 0. The van der Waals surface area contributed by atoms with Crippen LogP contribution in [0, 0.1) is 7.05 Å². The maximum absolute atomic E-state index is 3.62. The van der Waals surface area contributed by atoms with E-state index in [0.29, 0.717) is 0 Å². The summed E-state index contributed by atoms with van der Waals surface area (Å²) in [7, 11) is 3.62. The molecule has 7 heavy (non-hydrogen) atoms. The Kier molecular flexibility index (Phi) is 1.25. The summed E-state index contributed by atoms with van der Waals surface area (Å²) >= 11 is 1.59. The van der Waals surface area contributed by atoms with E-state index in [1.165, 1.54) is 4.91 Å². The lowest BCUT2D eigenvalue weighted by Gasteiger charge is -2.03. The Labute approximate surface area is 47.7 Å². The highest BCUT2D eigenvalue weighted by molar-refractivity contribution is 8.01. The van der Waals surface area contributed by atoms with Gasteiger partial charge in [-0.25, -0.2) is 0 Å². The van der Waals surface area contributed by atoms with E-state index in [9.17, 15) is 0 Å². The van der Waals surface area contributed by atoms with Gasteiger partial charge in [0.2, 0.25) is 0 Å². The fourth-order valence-corrected chi connectivity index (χ4v) is 0.948. The first-order valence-electron chi connectivity index (χ1n) is 2.00. The van der Waals surface area contributed by atoms with Gasteiger partial charge in [-0.1, -0.05) is 0 Å². The van der Waals surface area contributed by atoms with E-state index >= 15 is 0 Å². The van der Waals surface area contributed by atoms with Crippen LogP contribution >= 0.6 is 11.9 Å². The van der Waals surface area contributed by atoms with E-state index < -0.39 is 0 Å². The van der Waals surface area contributed by atoms with Crippen LogP contribution in [0.25, 0.3) is 0 Å². The second kappa shape index (κ2) is 1.76. The number of nitrogens with one attached hydrogen (secondary N) is 1. The van der Waals surface area contributed by atoms with Crippen molar-refractivity contribution >= 4 is 11.9 Å². The molecule has 1 aliphatic heterocycles. The maximum atomic E-state index is 3.62. The number of hydrazine groups is 1. The van der Waals surface area contributed by atoms with Gasteiger partial charge in [-0.3, -0.25) is 0 Å². The summed E-state index contributed by atoms with van der Waals surface area (Å²) in [6.45, 7) is 2.03. The zero-order valence-corrected chi connectivity index (χ0v) is 4.96. The highest BCUT2D eigenvalue weighted by Gasteiger charge is 2.03. The monoisotopic (exact) mass is 115 g/mol. The van der Waals surface area contributed by atoms with E-state index in [-0.39, 0.29) is 0 Å². The predicted molar refractivity (Wildman–Crippen MR) is 31.7 cm³/mol. The molecular weight excluding hydrogens is 108 g/mol. The van der Waals surface area contributed by atoms with Crippen LogP contribution in [0.3, 0.4) is 0 Å². The second-order valence-corrected chi connectivity index (χ2v) is 2.62. The lowest BCUT2D eigenvalue weighted by atomic mass is 10.7. The van der Waals surface area contributed by atoms with Crippen LogP contribution in [-0.2, 0) is 0 Å². The Balaban J connectivity index is 2.42. The van der Waals surface area contributed by atoms with Crippen LogP contribution in [0.15, 0.2) is 11.1 Å². The largest absolute Gasteiger partial charge is 0.315 e. The lowest BCUT2D eigenvalue weighted by Crippen LogP contribution is -2.14. The zero-order valence-electron chi connectivity index (χ0n) is 4.14.